The molecule has 0 aromatic heterocycles. The van der Waals surface area contributed by atoms with Crippen LogP contribution in [0, 0.1) is 0 Å². The molecule has 0 fully saturated rings. The summed E-state index contributed by atoms with van der Waals surface area (Å²) in [7, 11) is 0. The summed E-state index contributed by atoms with van der Waals surface area (Å²) in [5.74, 6) is 0. The van der Waals surface area contributed by atoms with Crippen molar-refractivity contribution in [1.29, 1.82) is 0 Å². The largest absolute Gasteiger partial charge is 0.322 e. The normalized spacial score (nSPS) is 10.9. The monoisotopic (exact) mass is 1210 g/mol. The van der Waals surface area contributed by atoms with Crippen LogP contribution in [0.4, 0.5) is 48.5 Å². The summed E-state index contributed by atoms with van der Waals surface area (Å²) in [6.07, 6.45) is 6.84. The molecule has 6 amide bonds. The maximum Gasteiger partial charge on any atom is 0.322 e. The summed E-state index contributed by atoms with van der Waals surface area (Å²) in [5, 5.41) is 8.93. The molecule has 1 unspecified atom stereocenters. The van der Waals surface area contributed by atoms with E-state index in [1.807, 2.05) is 236 Å². The Labute approximate surface area is 495 Å². The van der Waals surface area contributed by atoms with Gasteiger partial charge in [0.15, 0.2) is 0 Å². The van der Waals surface area contributed by atoms with Crippen LogP contribution in [0.3, 0.4) is 0 Å². The highest BCUT2D eigenvalue weighted by atomic mass is 127. The zero-order chi connectivity index (χ0) is 60.9. The van der Waals surface area contributed by atoms with Crippen molar-refractivity contribution in [3.63, 3.8) is 0 Å². The molecule has 6 aromatic carbocycles. The van der Waals surface area contributed by atoms with Gasteiger partial charge in [-0.05, 0) is 213 Å². The lowest BCUT2D eigenvalue weighted by molar-refractivity contribution is 0.177. The van der Waals surface area contributed by atoms with Crippen LogP contribution < -0.4 is 16.0 Å². The summed E-state index contributed by atoms with van der Waals surface area (Å²) in [6.45, 7) is 26.0. The number of aliphatic imine (C=N–C) groups is 3. The second kappa shape index (κ2) is 35.6. The molecule has 0 saturated heterocycles. The third kappa shape index (κ3) is 24.1. The number of carbonyl (C=O) groups excluding carboxylic acids is 6. The number of alkyl halides is 1. The molecule has 428 valence electrons. The van der Waals surface area contributed by atoms with Gasteiger partial charge in [0.05, 0.1) is 17.1 Å². The first-order chi connectivity index (χ1) is 38.9. The van der Waals surface area contributed by atoms with Gasteiger partial charge in [0.25, 0.3) is 0 Å². The maximum absolute atomic E-state index is 12.6. The molecule has 15 nitrogen and oxygen atoms in total. The van der Waals surface area contributed by atoms with E-state index in [0.717, 1.165) is 69.7 Å². The number of rotatable bonds is 18. The van der Waals surface area contributed by atoms with Gasteiger partial charge in [0.1, 0.15) is 0 Å². The number of anilines is 3. The van der Waals surface area contributed by atoms with Crippen LogP contribution in [0.2, 0.25) is 0 Å². The average Bonchev–Trinajstić information content (AvgIpc) is 3.47. The van der Waals surface area contributed by atoms with Gasteiger partial charge in [-0.15, -0.1) is 0 Å². The van der Waals surface area contributed by atoms with Crippen molar-refractivity contribution in [2.45, 2.75) is 146 Å². The van der Waals surface area contributed by atoms with E-state index in [-0.39, 0.29) is 58.7 Å². The van der Waals surface area contributed by atoms with Crippen LogP contribution >= 0.6 is 22.6 Å². The molecule has 0 aliphatic carbocycles. The van der Waals surface area contributed by atoms with Gasteiger partial charge in [0.2, 0.25) is 18.2 Å². The first-order valence-electron chi connectivity index (χ1n) is 27.6. The van der Waals surface area contributed by atoms with Crippen LogP contribution in [0.1, 0.15) is 125 Å². The minimum Gasteiger partial charge on any atom is -0.320 e. The third-order valence-corrected chi connectivity index (χ3v) is 12.2. The van der Waals surface area contributed by atoms with Crippen molar-refractivity contribution in [2.75, 3.05) is 20.4 Å². The van der Waals surface area contributed by atoms with E-state index >= 15 is 0 Å². The number of isocyanates is 3. The first-order valence-corrected chi connectivity index (χ1v) is 28.3. The van der Waals surface area contributed by atoms with Crippen molar-refractivity contribution in [3.8, 4) is 0 Å². The number of nitrogens with one attached hydrogen (secondary N) is 3. The fourth-order valence-corrected chi connectivity index (χ4v) is 8.81. The van der Waals surface area contributed by atoms with E-state index in [2.05, 4.69) is 30.9 Å². The highest BCUT2D eigenvalue weighted by Crippen LogP contribution is 2.22. The Hall–Kier alpha value is -8.00. The predicted molar refractivity (Wildman–Crippen MR) is 338 cm³/mol. The standard InChI is InChI=1S/C27H40N4O2.C21H25N3O2.C15H10N2O2.C2H5I/c1-18(2)30(19(3)4)26(32)28-24-13-9-22(10-14-24)17-23-11-15-25(16-12-23)29-27(33)31(20(5)6)21(7)8;1-15(2)24(16(3)4)21(26)23-20-11-7-18(8-12-20)13-17-5-9-19(10-6-17)22-14-25;18-10-16-14-5-1-12(2-6-14)9-13-3-7-15(8-4-13)17-11-19;1-2-3/h9-16,18-21H,17H2,1-8H3,(H,28,32)(H,29,33);5-12,15-16H,13H2,1-4H3,(H,23,26);1-8H,9H2;2H2,1H3/i;;;2D. The number of amides is 6. The molecule has 0 aliphatic rings. The summed E-state index contributed by atoms with van der Waals surface area (Å²) < 4.78 is 6.62. The molecule has 0 radical (unpaired) electrons. The number of halogens is 1. The van der Waals surface area contributed by atoms with E-state index in [9.17, 15) is 28.8 Å². The molecular weight excluding hydrogens is 1130 g/mol. The molecule has 1 atom stereocenters. The highest BCUT2D eigenvalue weighted by Gasteiger charge is 2.22. The first kappa shape index (κ1) is 65.5. The number of nitrogens with zero attached hydrogens (tertiary/aromatic N) is 6. The number of urea groups is 3. The average molecular weight is 1210 g/mol. The highest BCUT2D eigenvalue weighted by molar-refractivity contribution is 14.1. The zero-order valence-corrected chi connectivity index (χ0v) is 51.2. The second-order valence-corrected chi connectivity index (χ2v) is 21.8. The van der Waals surface area contributed by atoms with E-state index in [1.54, 1.807) is 36.4 Å². The molecule has 0 heterocycles. The van der Waals surface area contributed by atoms with Crippen molar-refractivity contribution < 1.29 is 30.1 Å². The van der Waals surface area contributed by atoms with E-state index < -0.39 is 0 Å². The van der Waals surface area contributed by atoms with Crippen molar-refractivity contribution >= 4 is 93.0 Å². The van der Waals surface area contributed by atoms with Crippen LogP contribution in [0.25, 0.3) is 0 Å². The van der Waals surface area contributed by atoms with E-state index in [0.29, 0.717) is 17.1 Å². The summed E-state index contributed by atoms with van der Waals surface area (Å²) in [6, 6.07) is 46.5. The van der Waals surface area contributed by atoms with Gasteiger partial charge >= 0.3 is 18.1 Å². The fourth-order valence-electron chi connectivity index (χ4n) is 8.81. The second-order valence-electron chi connectivity index (χ2n) is 20.5. The molecule has 0 bridgehead atoms. The lowest BCUT2D eigenvalue weighted by atomic mass is 10.0. The van der Waals surface area contributed by atoms with Crippen LogP contribution in [-0.2, 0) is 33.6 Å². The van der Waals surface area contributed by atoms with Gasteiger partial charge in [-0.1, -0.05) is 102 Å². The Balaban J connectivity index is 0.000000322. The minimum absolute atomic E-state index is 0.0533. The molecule has 81 heavy (non-hydrogen) atoms. The van der Waals surface area contributed by atoms with Crippen molar-refractivity contribution in [3.05, 3.63) is 179 Å². The minimum atomic E-state index is -0.0888. The lowest BCUT2D eigenvalue weighted by Crippen LogP contribution is -2.44. The van der Waals surface area contributed by atoms with Crippen LogP contribution in [-0.4, -0.2) is 91.7 Å². The quantitative estimate of drug-likeness (QED) is 0.0333. The zero-order valence-electron chi connectivity index (χ0n) is 50.0. The molecule has 6 aromatic rings. The number of carbonyl (C=O) groups is 3. The lowest BCUT2D eigenvalue weighted by Gasteiger charge is -2.30. The van der Waals surface area contributed by atoms with Crippen molar-refractivity contribution in [1.82, 2.24) is 14.7 Å². The Morgan fingerprint density at radius 2 is 0.543 bits per heavy atom. The Morgan fingerprint density at radius 1 is 0.383 bits per heavy atom. The Kier molecular flexibility index (Phi) is 28.8. The van der Waals surface area contributed by atoms with Gasteiger partial charge in [-0.2, -0.15) is 15.0 Å². The third-order valence-electron chi connectivity index (χ3n) is 12.2. The maximum atomic E-state index is 12.6. The van der Waals surface area contributed by atoms with Crippen molar-refractivity contribution in [2.24, 2.45) is 15.0 Å². The number of hydrogen-bond donors (Lipinski definition) is 3. The molecule has 3 N–H and O–H groups in total. The predicted octanol–water partition coefficient (Wildman–Crippen LogP) is 16.1. The topological polar surface area (TPSA) is 185 Å². The van der Waals surface area contributed by atoms with E-state index in [1.165, 1.54) is 18.2 Å². The summed E-state index contributed by atoms with van der Waals surface area (Å²) in [4.78, 5) is 84.2. The molecule has 0 saturated carbocycles. The van der Waals surface area contributed by atoms with Gasteiger partial charge in [-0.25, -0.2) is 28.8 Å². The molecule has 16 heteroatoms. The SMILES string of the molecule is CC(C)N(C(=O)Nc1ccc(Cc2ccc(N=C=O)cc2)cc1)C(C)C.CC(C)N(C(=O)Nc1ccc(Cc2ccc(NC(=O)N(C(C)C)C(C)C)cc2)cc1)C(C)C.O=C=Nc1ccc(Cc2ccc(N=C=O)cc2)cc1.[2H]C(C)I. The van der Waals surface area contributed by atoms with Gasteiger partial charge in [-0.3, -0.25) is 0 Å². The molecule has 6 rings (SSSR count). The molecular formula is C65H80IN9O6. The van der Waals surface area contributed by atoms with Gasteiger partial charge in [0, 0.05) is 54.7 Å². The smallest absolute Gasteiger partial charge is 0.320 e. The number of benzene rings is 6. The number of hydrogen-bond acceptors (Lipinski definition) is 9. The fraction of sp³-hybridized carbons (Fsp3) is 0.354. The molecule has 0 aliphatic heterocycles. The van der Waals surface area contributed by atoms with E-state index in [4.69, 9.17) is 1.37 Å². The van der Waals surface area contributed by atoms with Gasteiger partial charge < -0.3 is 30.7 Å². The van der Waals surface area contributed by atoms with Crippen LogP contribution in [0.5, 0.6) is 0 Å². The Morgan fingerprint density at radius 3 is 0.691 bits per heavy atom. The van der Waals surface area contributed by atoms with Crippen LogP contribution in [0.15, 0.2) is 161 Å². The Bertz CT molecular complexity index is 2880. The molecule has 0 spiro atoms. The summed E-state index contributed by atoms with van der Waals surface area (Å²) in [5.41, 5.74) is 10.9. The summed E-state index contributed by atoms with van der Waals surface area (Å²) >= 11 is 2.01.